The highest BCUT2D eigenvalue weighted by Gasteiger charge is 2.47. The van der Waals surface area contributed by atoms with E-state index in [-0.39, 0.29) is 0 Å². The van der Waals surface area contributed by atoms with E-state index in [1.54, 1.807) is 42.7 Å². The fourth-order valence-corrected chi connectivity index (χ4v) is 18.8. The number of pyridine rings is 2. The summed E-state index contributed by atoms with van der Waals surface area (Å²) in [6.07, 6.45) is 10.4. The molecular formula is C68H66N2O6P2+4. The zero-order valence-corrected chi connectivity index (χ0v) is 46.9. The predicted molar refractivity (Wildman–Crippen MR) is 320 cm³/mol. The van der Waals surface area contributed by atoms with Gasteiger partial charge in [-0.05, 0) is 168 Å². The minimum absolute atomic E-state index is 0.761. The van der Waals surface area contributed by atoms with E-state index in [1.165, 1.54) is 65.2 Å². The SMILES string of the molecule is COc1ccc([P+](Cc2ccc(C[n+]3ccc(-c4cc[n+](Cc5ccc(C[P+](c6ccc(OC)cc6)(c6ccc(OC)cc6)c6ccc(OC)cc6)cc5)cc4)cc3)cc2)(c2ccc(OC)cc2)c2ccc(OC)cc2)cc1. The van der Waals surface area contributed by atoms with Gasteiger partial charge in [-0.15, -0.1) is 0 Å². The van der Waals surface area contributed by atoms with Crippen LogP contribution < -0.4 is 69.4 Å². The molecule has 0 aliphatic rings. The lowest BCUT2D eigenvalue weighted by molar-refractivity contribution is -0.688. The maximum atomic E-state index is 5.61. The van der Waals surface area contributed by atoms with Crippen molar-refractivity contribution in [1.82, 2.24) is 0 Å². The number of methoxy groups -OCH3 is 6. The summed E-state index contributed by atoms with van der Waals surface area (Å²) in [6, 6.07) is 78.7. The summed E-state index contributed by atoms with van der Waals surface area (Å²) in [7, 11) is 5.82. The molecule has 78 heavy (non-hydrogen) atoms. The molecule has 0 aliphatic heterocycles. The van der Waals surface area contributed by atoms with Crippen LogP contribution in [0.5, 0.6) is 34.5 Å². The Bertz CT molecular complexity index is 3030. The lowest BCUT2D eigenvalue weighted by Gasteiger charge is -2.28. The first-order valence-electron chi connectivity index (χ1n) is 26.0. The van der Waals surface area contributed by atoms with Crippen LogP contribution >= 0.6 is 14.5 Å². The molecule has 2 aromatic heterocycles. The molecule has 0 unspecified atom stereocenters. The van der Waals surface area contributed by atoms with E-state index in [0.717, 1.165) is 59.9 Å². The Morgan fingerprint density at radius 3 is 0.628 bits per heavy atom. The van der Waals surface area contributed by atoms with Gasteiger partial charge < -0.3 is 28.4 Å². The molecule has 2 heterocycles. The van der Waals surface area contributed by atoms with Crippen molar-refractivity contribution in [2.75, 3.05) is 42.7 Å². The van der Waals surface area contributed by atoms with Crippen LogP contribution in [0, 0.1) is 0 Å². The van der Waals surface area contributed by atoms with Crippen molar-refractivity contribution in [1.29, 1.82) is 0 Å². The van der Waals surface area contributed by atoms with Crippen molar-refractivity contribution in [2.45, 2.75) is 25.4 Å². The maximum absolute atomic E-state index is 5.61. The second-order valence-electron chi connectivity index (χ2n) is 19.3. The molecule has 10 aromatic rings. The highest BCUT2D eigenvalue weighted by molar-refractivity contribution is 7.95. The van der Waals surface area contributed by atoms with Gasteiger partial charge in [0.15, 0.2) is 37.9 Å². The maximum Gasteiger partial charge on any atom is 0.173 e. The second-order valence-corrected chi connectivity index (χ2v) is 26.2. The Labute approximate surface area is 460 Å². The molecule has 8 nitrogen and oxygen atoms in total. The summed E-state index contributed by atoms with van der Waals surface area (Å²) < 4.78 is 38.1. The number of benzene rings is 8. The molecule has 0 fully saturated rings. The number of ether oxygens (including phenoxy) is 6. The normalized spacial score (nSPS) is 11.4. The van der Waals surface area contributed by atoms with E-state index in [1.807, 2.05) is 0 Å². The van der Waals surface area contributed by atoms with Gasteiger partial charge in [0.2, 0.25) is 0 Å². The van der Waals surface area contributed by atoms with E-state index in [4.69, 9.17) is 28.4 Å². The van der Waals surface area contributed by atoms with Gasteiger partial charge in [0.1, 0.15) is 80.8 Å². The van der Waals surface area contributed by atoms with Crippen LogP contribution in [0.3, 0.4) is 0 Å². The lowest BCUT2D eigenvalue weighted by atomic mass is 10.1. The molecule has 0 aliphatic carbocycles. The third-order valence-electron chi connectivity index (χ3n) is 14.8. The van der Waals surface area contributed by atoms with Gasteiger partial charge in [0.05, 0.1) is 55.0 Å². The van der Waals surface area contributed by atoms with Crippen LogP contribution in [0.2, 0.25) is 0 Å². The zero-order chi connectivity index (χ0) is 53.9. The first-order valence-corrected chi connectivity index (χ1v) is 30.0. The molecule has 8 aromatic carbocycles. The summed E-state index contributed by atoms with van der Waals surface area (Å²) in [6.45, 7) is 1.52. The van der Waals surface area contributed by atoms with Crippen molar-refractivity contribution >= 4 is 46.4 Å². The Morgan fingerprint density at radius 2 is 0.436 bits per heavy atom. The molecule has 0 N–H and O–H groups in total. The molecule has 0 amide bonds. The third-order valence-corrected chi connectivity index (χ3v) is 23.6. The largest absolute Gasteiger partial charge is 0.497 e. The van der Waals surface area contributed by atoms with Gasteiger partial charge in [0, 0.05) is 35.4 Å². The van der Waals surface area contributed by atoms with Gasteiger partial charge in [0.25, 0.3) is 0 Å². The van der Waals surface area contributed by atoms with Crippen LogP contribution in [0.1, 0.15) is 22.3 Å². The minimum Gasteiger partial charge on any atom is -0.497 e. The Kier molecular flexibility index (Phi) is 16.6. The highest BCUT2D eigenvalue weighted by atomic mass is 31.2. The summed E-state index contributed by atoms with van der Waals surface area (Å²) in [5.74, 6) is 5.01. The van der Waals surface area contributed by atoms with Crippen molar-refractivity contribution in [2.24, 2.45) is 0 Å². The van der Waals surface area contributed by atoms with Crippen molar-refractivity contribution in [3.8, 4) is 45.6 Å². The lowest BCUT2D eigenvalue weighted by Crippen LogP contribution is -2.33. The monoisotopic (exact) mass is 1070 g/mol. The Hall–Kier alpha value is -8.28. The fraction of sp³-hybridized carbons (Fsp3) is 0.147. The van der Waals surface area contributed by atoms with E-state index < -0.39 is 14.5 Å². The number of hydrogen-bond acceptors (Lipinski definition) is 6. The first kappa shape index (κ1) is 53.1. The molecular weight excluding hydrogens is 1000 g/mol. The summed E-state index contributed by atoms with van der Waals surface area (Å²) in [4.78, 5) is 0. The molecule has 0 spiro atoms. The smallest absolute Gasteiger partial charge is 0.173 e. The summed E-state index contributed by atoms with van der Waals surface area (Å²) in [5.41, 5.74) is 7.36. The van der Waals surface area contributed by atoms with Crippen LogP contribution in [0.15, 0.2) is 243 Å². The molecule has 0 radical (unpaired) electrons. The number of aromatic nitrogens is 2. The molecule has 10 heteroatoms. The zero-order valence-electron chi connectivity index (χ0n) is 45.2. The van der Waals surface area contributed by atoms with E-state index in [9.17, 15) is 0 Å². The topological polar surface area (TPSA) is 63.1 Å². The Balaban J connectivity index is 0.834. The Morgan fingerprint density at radius 1 is 0.244 bits per heavy atom. The van der Waals surface area contributed by atoms with Crippen molar-refractivity contribution in [3.63, 3.8) is 0 Å². The molecule has 390 valence electrons. The van der Waals surface area contributed by atoms with E-state index in [2.05, 4.69) is 252 Å². The van der Waals surface area contributed by atoms with Crippen LogP contribution in [-0.4, -0.2) is 42.7 Å². The van der Waals surface area contributed by atoms with E-state index >= 15 is 0 Å². The second kappa shape index (κ2) is 24.4. The minimum atomic E-state index is -2.23. The molecule has 0 atom stereocenters. The summed E-state index contributed by atoms with van der Waals surface area (Å²) in [5, 5.41) is 7.64. The molecule has 0 bridgehead atoms. The standard InChI is InChI=1S/C68H66N2O6P2/c1-71-57-15-27-63(28-16-57)77(64-29-17-58(72-2)18-30-64,65-31-19-59(73-3)20-32-65)49-53-11-7-51(8-12-53)47-69-43-39-55(40-44-69)56-41-45-70(46-42-56)48-52-9-13-54(14-10-52)50-78(66-33-21-60(74-4)22-34-66,67-35-23-61(75-5)24-36-67)68-37-25-62(76-6)26-38-68/h7-46H,47-50H2,1-6H3/q+4. The van der Waals surface area contributed by atoms with Gasteiger partial charge in [-0.2, -0.15) is 0 Å². The van der Waals surface area contributed by atoms with Gasteiger partial charge in [-0.25, -0.2) is 9.13 Å². The summed E-state index contributed by atoms with van der Waals surface area (Å²) >= 11 is 0. The van der Waals surface area contributed by atoms with Gasteiger partial charge >= 0.3 is 0 Å². The number of hydrogen-bond donors (Lipinski definition) is 0. The van der Waals surface area contributed by atoms with Crippen LogP contribution in [0.4, 0.5) is 0 Å². The number of nitrogens with zero attached hydrogens (tertiary/aromatic N) is 2. The van der Waals surface area contributed by atoms with E-state index in [0.29, 0.717) is 0 Å². The van der Waals surface area contributed by atoms with Crippen molar-refractivity contribution < 1.29 is 37.6 Å². The highest BCUT2D eigenvalue weighted by Crippen LogP contribution is 2.60. The van der Waals surface area contributed by atoms with Crippen LogP contribution in [0.25, 0.3) is 11.1 Å². The predicted octanol–water partition coefficient (Wildman–Crippen LogP) is 11.1. The van der Waals surface area contributed by atoms with Gasteiger partial charge in [-0.3, -0.25) is 0 Å². The van der Waals surface area contributed by atoms with Gasteiger partial charge in [-0.1, -0.05) is 48.5 Å². The third kappa shape index (κ3) is 11.5. The average molecular weight is 1070 g/mol. The molecule has 10 rings (SSSR count). The average Bonchev–Trinajstić information content (AvgIpc) is 3.64. The fourth-order valence-electron chi connectivity index (χ4n) is 10.4. The van der Waals surface area contributed by atoms with Crippen molar-refractivity contribution in [3.05, 3.63) is 265 Å². The quantitative estimate of drug-likeness (QED) is 0.0528. The van der Waals surface area contributed by atoms with Crippen LogP contribution in [-0.2, 0) is 25.4 Å². The number of rotatable bonds is 21. The molecule has 0 saturated heterocycles. The first-order chi connectivity index (χ1) is 38.2. The molecule has 0 saturated carbocycles.